The Kier molecular flexibility index (Phi) is 8.70. The zero-order chi connectivity index (χ0) is 38.9. The zero-order valence-electron chi connectivity index (χ0n) is 31.4. The van der Waals surface area contributed by atoms with Crippen molar-refractivity contribution in [2.45, 2.75) is 5.41 Å². The molecule has 0 aliphatic carbocycles. The lowest BCUT2D eigenvalue weighted by atomic mass is 9.65. The van der Waals surface area contributed by atoms with Gasteiger partial charge in [-0.3, -0.25) is 0 Å². The first-order valence-corrected chi connectivity index (χ1v) is 19.3. The van der Waals surface area contributed by atoms with E-state index in [4.69, 9.17) is 15.0 Å². The molecule has 0 aliphatic rings. The van der Waals surface area contributed by atoms with E-state index in [1.807, 2.05) is 66.7 Å². The molecular formula is C53H35N5. The van der Waals surface area contributed by atoms with Crippen molar-refractivity contribution >= 4 is 21.8 Å². The molecule has 10 aromatic rings. The van der Waals surface area contributed by atoms with E-state index in [9.17, 15) is 5.26 Å². The van der Waals surface area contributed by atoms with Crippen molar-refractivity contribution in [3.8, 4) is 45.9 Å². The molecule has 0 bridgehead atoms. The van der Waals surface area contributed by atoms with Gasteiger partial charge in [0, 0.05) is 33.2 Å². The number of hydrogen-bond donors (Lipinski definition) is 0. The molecule has 0 saturated heterocycles. The first-order valence-electron chi connectivity index (χ1n) is 19.3. The summed E-state index contributed by atoms with van der Waals surface area (Å²) < 4.78 is 2.24. The lowest BCUT2D eigenvalue weighted by Gasteiger charge is -2.37. The van der Waals surface area contributed by atoms with E-state index in [0.29, 0.717) is 23.0 Å². The number of aromatic nitrogens is 4. The van der Waals surface area contributed by atoms with Crippen LogP contribution in [0.15, 0.2) is 212 Å². The minimum Gasteiger partial charge on any atom is -0.309 e. The number of fused-ring (bicyclic) bond motifs is 3. The Balaban J connectivity index is 1.20. The number of rotatable bonds is 8. The first kappa shape index (κ1) is 34.5. The second kappa shape index (κ2) is 14.6. The van der Waals surface area contributed by atoms with Crippen molar-refractivity contribution < 1.29 is 0 Å². The van der Waals surface area contributed by atoms with Crippen molar-refractivity contribution in [3.63, 3.8) is 0 Å². The third kappa shape index (κ3) is 5.92. The van der Waals surface area contributed by atoms with Crippen molar-refractivity contribution in [1.29, 1.82) is 5.26 Å². The highest BCUT2D eigenvalue weighted by atomic mass is 15.0. The Bertz CT molecular complexity index is 3000. The lowest BCUT2D eigenvalue weighted by Crippen LogP contribution is -2.31. The van der Waals surface area contributed by atoms with Crippen molar-refractivity contribution in [2.24, 2.45) is 0 Å². The first-order chi connectivity index (χ1) is 28.7. The van der Waals surface area contributed by atoms with Gasteiger partial charge in [-0.2, -0.15) is 5.26 Å². The molecule has 0 aliphatic heterocycles. The van der Waals surface area contributed by atoms with Crippen LogP contribution in [0.1, 0.15) is 27.8 Å². The van der Waals surface area contributed by atoms with Gasteiger partial charge in [0.2, 0.25) is 0 Å². The molecular weight excluding hydrogens is 707 g/mol. The molecule has 0 amide bonds. The molecule has 0 spiro atoms. The van der Waals surface area contributed by atoms with Crippen LogP contribution in [0.2, 0.25) is 0 Å². The average Bonchev–Trinajstić information content (AvgIpc) is 3.64. The van der Waals surface area contributed by atoms with Gasteiger partial charge in [0.1, 0.15) is 0 Å². The summed E-state index contributed by atoms with van der Waals surface area (Å²) in [6.07, 6.45) is 0. The van der Waals surface area contributed by atoms with E-state index in [1.165, 1.54) is 0 Å². The molecule has 5 heteroatoms. The summed E-state index contributed by atoms with van der Waals surface area (Å²) in [6.45, 7) is 0. The number of benzene rings is 8. The second-order valence-electron chi connectivity index (χ2n) is 14.3. The Morgan fingerprint density at radius 1 is 0.379 bits per heavy atom. The van der Waals surface area contributed by atoms with Crippen LogP contribution in [-0.2, 0) is 5.41 Å². The molecule has 0 saturated carbocycles. The number of para-hydroxylation sites is 1. The van der Waals surface area contributed by atoms with Crippen LogP contribution in [0.25, 0.3) is 61.7 Å². The highest BCUT2D eigenvalue weighted by Crippen LogP contribution is 2.46. The van der Waals surface area contributed by atoms with Crippen molar-refractivity contribution in [2.75, 3.05) is 0 Å². The molecule has 2 heterocycles. The van der Waals surface area contributed by atoms with Crippen LogP contribution in [0, 0.1) is 11.3 Å². The van der Waals surface area contributed by atoms with E-state index in [-0.39, 0.29) is 0 Å². The fraction of sp³-hybridized carbons (Fsp3) is 0.0189. The molecule has 0 radical (unpaired) electrons. The summed E-state index contributed by atoms with van der Waals surface area (Å²) in [5.74, 6) is 1.73. The van der Waals surface area contributed by atoms with Crippen LogP contribution >= 0.6 is 0 Å². The summed E-state index contributed by atoms with van der Waals surface area (Å²) in [6, 6.07) is 75.7. The van der Waals surface area contributed by atoms with E-state index in [0.717, 1.165) is 66.4 Å². The van der Waals surface area contributed by atoms with E-state index >= 15 is 0 Å². The molecule has 0 atom stereocenters. The molecule has 5 nitrogen and oxygen atoms in total. The minimum absolute atomic E-state index is 0.564. The van der Waals surface area contributed by atoms with Gasteiger partial charge < -0.3 is 4.57 Å². The summed E-state index contributed by atoms with van der Waals surface area (Å²) in [5.41, 5.74) is 10.3. The fourth-order valence-electron chi connectivity index (χ4n) is 8.39. The average molecular weight is 742 g/mol. The largest absolute Gasteiger partial charge is 0.309 e. The summed E-state index contributed by atoms with van der Waals surface area (Å²) >= 11 is 0. The van der Waals surface area contributed by atoms with Gasteiger partial charge >= 0.3 is 0 Å². The Morgan fingerprint density at radius 2 is 0.810 bits per heavy atom. The number of nitrogens with zero attached hydrogens (tertiary/aromatic N) is 5. The molecule has 272 valence electrons. The second-order valence-corrected chi connectivity index (χ2v) is 14.3. The lowest BCUT2D eigenvalue weighted by molar-refractivity contribution is 0.745. The number of hydrogen-bond acceptors (Lipinski definition) is 4. The predicted molar refractivity (Wildman–Crippen MR) is 233 cm³/mol. The maximum absolute atomic E-state index is 9.88. The molecule has 10 rings (SSSR count). The highest BCUT2D eigenvalue weighted by molar-refractivity contribution is 6.10. The normalized spacial score (nSPS) is 11.4. The van der Waals surface area contributed by atoms with Gasteiger partial charge in [-0.05, 0) is 76.9 Å². The van der Waals surface area contributed by atoms with Gasteiger partial charge in [-0.15, -0.1) is 0 Å². The number of nitriles is 1. The third-order valence-corrected chi connectivity index (χ3v) is 11.0. The molecule has 0 N–H and O–H groups in total. The van der Waals surface area contributed by atoms with Crippen molar-refractivity contribution in [3.05, 3.63) is 240 Å². The molecule has 2 aromatic heterocycles. The Labute approximate surface area is 336 Å². The molecule has 0 fully saturated rings. The fourth-order valence-corrected chi connectivity index (χ4v) is 8.39. The summed E-state index contributed by atoms with van der Waals surface area (Å²) in [5, 5.41) is 11.9. The standard InChI is InChI=1S/C53H35N5/c54-36-37-29-31-48-46(33-37)47-35-40(30-32-49(47)58(48)45-27-14-5-15-28-45)52-56-50(38-17-6-1-7-18-38)55-51(57-52)39-19-16-26-44(34-39)53(41-20-8-2-9-21-41,42-22-10-3-11-23-42)43-24-12-4-13-25-43/h1-35H. The van der Waals surface area contributed by atoms with Crippen LogP contribution in [0.4, 0.5) is 0 Å². The topological polar surface area (TPSA) is 67.4 Å². The van der Waals surface area contributed by atoms with Gasteiger partial charge in [-0.25, -0.2) is 15.0 Å². The van der Waals surface area contributed by atoms with Crippen LogP contribution in [-0.4, -0.2) is 19.5 Å². The van der Waals surface area contributed by atoms with E-state index in [2.05, 4.69) is 156 Å². The maximum atomic E-state index is 9.88. The van der Waals surface area contributed by atoms with E-state index in [1.54, 1.807) is 0 Å². The maximum Gasteiger partial charge on any atom is 0.164 e. The van der Waals surface area contributed by atoms with Crippen molar-refractivity contribution in [1.82, 2.24) is 19.5 Å². The smallest absolute Gasteiger partial charge is 0.164 e. The van der Waals surface area contributed by atoms with Gasteiger partial charge in [-0.1, -0.05) is 158 Å². The SMILES string of the molecule is N#Cc1ccc2c(c1)c1cc(-c3nc(-c4ccccc4)nc(-c4cccc(C(c5ccccc5)(c5ccccc5)c5ccccc5)c4)n3)ccc1n2-c1ccccc1. The van der Waals surface area contributed by atoms with E-state index < -0.39 is 5.41 Å². The van der Waals surface area contributed by atoms with Gasteiger partial charge in [0.25, 0.3) is 0 Å². The zero-order valence-corrected chi connectivity index (χ0v) is 31.4. The third-order valence-electron chi connectivity index (χ3n) is 11.0. The quantitative estimate of drug-likeness (QED) is 0.145. The van der Waals surface area contributed by atoms with Crippen LogP contribution in [0.3, 0.4) is 0 Å². The summed E-state index contributed by atoms with van der Waals surface area (Å²) in [7, 11) is 0. The molecule has 0 unspecified atom stereocenters. The van der Waals surface area contributed by atoms with Crippen LogP contribution < -0.4 is 0 Å². The van der Waals surface area contributed by atoms with Gasteiger partial charge in [0.15, 0.2) is 17.5 Å². The van der Waals surface area contributed by atoms with Gasteiger partial charge in [0.05, 0.1) is 28.1 Å². The van der Waals surface area contributed by atoms with Crippen LogP contribution in [0.5, 0.6) is 0 Å². The minimum atomic E-state index is -0.627. The summed E-state index contributed by atoms with van der Waals surface area (Å²) in [4.78, 5) is 15.5. The molecule has 58 heavy (non-hydrogen) atoms. The Morgan fingerprint density at radius 3 is 1.36 bits per heavy atom. The Hall–Kier alpha value is -7.94. The monoisotopic (exact) mass is 741 g/mol. The predicted octanol–water partition coefficient (Wildman–Crippen LogP) is 12.2. The highest BCUT2D eigenvalue weighted by Gasteiger charge is 2.38. The molecule has 8 aromatic carbocycles.